The van der Waals surface area contributed by atoms with Crippen LogP contribution in [0.3, 0.4) is 0 Å². The first-order chi connectivity index (χ1) is 8.79. The van der Waals surface area contributed by atoms with Crippen molar-refractivity contribution in [2.24, 2.45) is 0 Å². The van der Waals surface area contributed by atoms with Gasteiger partial charge in [-0.2, -0.15) is 11.3 Å². The van der Waals surface area contributed by atoms with Crippen LogP contribution in [0, 0.1) is 0 Å². The van der Waals surface area contributed by atoms with E-state index < -0.39 is 0 Å². The molecule has 2 aromatic rings. The van der Waals surface area contributed by atoms with Gasteiger partial charge >= 0.3 is 0 Å². The molecule has 0 saturated carbocycles. The number of rotatable bonds is 5. The predicted molar refractivity (Wildman–Crippen MR) is 72.8 cm³/mol. The standard InChI is InChI=1S/C14H15NO2S/c16-9-13(8-11-4-2-1-3-5-11)15-14(17)12-6-7-18-10-12/h1-7,10,13,16H,8-9H2,(H,15,17). The van der Waals surface area contributed by atoms with Crippen molar-refractivity contribution in [1.29, 1.82) is 0 Å². The Morgan fingerprint density at radius 1 is 1.28 bits per heavy atom. The van der Waals surface area contributed by atoms with Gasteiger partial charge in [0.15, 0.2) is 0 Å². The van der Waals surface area contributed by atoms with E-state index >= 15 is 0 Å². The summed E-state index contributed by atoms with van der Waals surface area (Å²) >= 11 is 1.48. The molecule has 0 aliphatic heterocycles. The molecule has 1 unspecified atom stereocenters. The Bertz CT molecular complexity index is 482. The third kappa shape index (κ3) is 3.42. The van der Waals surface area contributed by atoms with Crippen LogP contribution in [0.25, 0.3) is 0 Å². The lowest BCUT2D eigenvalue weighted by atomic mass is 10.1. The zero-order valence-electron chi connectivity index (χ0n) is 9.87. The van der Waals surface area contributed by atoms with Gasteiger partial charge in [-0.05, 0) is 23.4 Å². The van der Waals surface area contributed by atoms with Crippen molar-refractivity contribution < 1.29 is 9.90 Å². The van der Waals surface area contributed by atoms with E-state index in [2.05, 4.69) is 5.32 Å². The Kier molecular flexibility index (Phi) is 4.50. The first-order valence-electron chi connectivity index (χ1n) is 5.77. The quantitative estimate of drug-likeness (QED) is 0.865. The van der Waals surface area contributed by atoms with E-state index in [4.69, 9.17) is 0 Å². The summed E-state index contributed by atoms with van der Waals surface area (Å²) in [5, 5.41) is 15.8. The molecule has 2 N–H and O–H groups in total. The molecule has 0 aliphatic rings. The number of aliphatic hydroxyl groups is 1. The number of carbonyl (C=O) groups excluding carboxylic acids is 1. The molecule has 0 saturated heterocycles. The molecule has 0 aliphatic carbocycles. The summed E-state index contributed by atoms with van der Waals surface area (Å²) in [4.78, 5) is 11.8. The number of hydrogen-bond acceptors (Lipinski definition) is 3. The van der Waals surface area contributed by atoms with Crippen molar-refractivity contribution in [3.63, 3.8) is 0 Å². The first-order valence-corrected chi connectivity index (χ1v) is 6.71. The van der Waals surface area contributed by atoms with E-state index in [1.165, 1.54) is 11.3 Å². The van der Waals surface area contributed by atoms with Crippen LogP contribution in [0.4, 0.5) is 0 Å². The fourth-order valence-electron chi connectivity index (χ4n) is 1.72. The molecule has 0 bridgehead atoms. The van der Waals surface area contributed by atoms with Gasteiger partial charge in [0.05, 0.1) is 12.6 Å². The highest BCUT2D eigenvalue weighted by molar-refractivity contribution is 7.08. The van der Waals surface area contributed by atoms with Gasteiger partial charge in [-0.15, -0.1) is 0 Å². The largest absolute Gasteiger partial charge is 0.394 e. The Hall–Kier alpha value is -1.65. The zero-order chi connectivity index (χ0) is 12.8. The molecule has 0 radical (unpaired) electrons. The molecule has 94 valence electrons. The second kappa shape index (κ2) is 6.33. The maximum absolute atomic E-state index is 11.8. The summed E-state index contributed by atoms with van der Waals surface area (Å²) in [7, 11) is 0. The van der Waals surface area contributed by atoms with E-state index in [1.807, 2.05) is 35.7 Å². The molecule has 1 amide bonds. The molecule has 18 heavy (non-hydrogen) atoms. The van der Waals surface area contributed by atoms with E-state index in [1.54, 1.807) is 11.4 Å². The van der Waals surface area contributed by atoms with Crippen molar-refractivity contribution in [3.05, 3.63) is 58.3 Å². The Morgan fingerprint density at radius 2 is 2.06 bits per heavy atom. The van der Waals surface area contributed by atoms with Crippen LogP contribution in [0.5, 0.6) is 0 Å². The van der Waals surface area contributed by atoms with Gasteiger partial charge in [-0.1, -0.05) is 30.3 Å². The molecule has 3 nitrogen and oxygen atoms in total. The average molecular weight is 261 g/mol. The summed E-state index contributed by atoms with van der Waals surface area (Å²) in [5.74, 6) is -0.133. The smallest absolute Gasteiger partial charge is 0.252 e. The second-order valence-corrected chi connectivity index (χ2v) is 4.83. The summed E-state index contributed by atoms with van der Waals surface area (Å²) in [6.07, 6.45) is 0.632. The third-order valence-corrected chi connectivity index (χ3v) is 3.35. The highest BCUT2D eigenvalue weighted by atomic mass is 32.1. The van der Waals surface area contributed by atoms with Crippen molar-refractivity contribution >= 4 is 17.2 Å². The van der Waals surface area contributed by atoms with Crippen LogP contribution >= 0.6 is 11.3 Å². The molecule has 1 aromatic carbocycles. The average Bonchev–Trinajstić information content (AvgIpc) is 2.93. The van der Waals surface area contributed by atoms with Crippen LogP contribution in [0.2, 0.25) is 0 Å². The van der Waals surface area contributed by atoms with Crippen LogP contribution < -0.4 is 5.32 Å². The SMILES string of the molecule is O=C(NC(CO)Cc1ccccc1)c1ccsc1. The normalized spacial score (nSPS) is 12.1. The minimum atomic E-state index is -0.250. The first kappa shape index (κ1) is 12.8. The minimum absolute atomic E-state index is 0.0647. The number of amides is 1. The predicted octanol–water partition coefficient (Wildman–Crippen LogP) is 2.08. The van der Waals surface area contributed by atoms with E-state index in [0.29, 0.717) is 12.0 Å². The summed E-state index contributed by atoms with van der Waals surface area (Å²) in [6, 6.07) is 11.3. The number of carbonyl (C=O) groups is 1. The fourth-order valence-corrected chi connectivity index (χ4v) is 2.36. The number of hydrogen-bond donors (Lipinski definition) is 2. The fraction of sp³-hybridized carbons (Fsp3) is 0.214. The summed E-state index contributed by atoms with van der Waals surface area (Å²) in [6.45, 7) is -0.0647. The summed E-state index contributed by atoms with van der Waals surface area (Å²) in [5.41, 5.74) is 1.74. The van der Waals surface area contributed by atoms with Crippen LogP contribution in [0.15, 0.2) is 47.2 Å². The van der Waals surface area contributed by atoms with Crippen molar-refractivity contribution in [2.75, 3.05) is 6.61 Å². The second-order valence-electron chi connectivity index (χ2n) is 4.05. The molecule has 2 rings (SSSR count). The minimum Gasteiger partial charge on any atom is -0.394 e. The van der Waals surface area contributed by atoms with Crippen molar-refractivity contribution in [1.82, 2.24) is 5.32 Å². The highest BCUT2D eigenvalue weighted by Crippen LogP contribution is 2.07. The topological polar surface area (TPSA) is 49.3 Å². The lowest BCUT2D eigenvalue weighted by molar-refractivity contribution is 0.0917. The molecule has 1 aromatic heterocycles. The highest BCUT2D eigenvalue weighted by Gasteiger charge is 2.13. The van der Waals surface area contributed by atoms with Crippen molar-refractivity contribution in [3.8, 4) is 0 Å². The zero-order valence-corrected chi connectivity index (χ0v) is 10.7. The third-order valence-electron chi connectivity index (χ3n) is 2.66. The van der Waals surface area contributed by atoms with Gasteiger partial charge in [-0.3, -0.25) is 4.79 Å². The lowest BCUT2D eigenvalue weighted by Crippen LogP contribution is -2.38. The van der Waals surface area contributed by atoms with E-state index in [-0.39, 0.29) is 18.6 Å². The molecular weight excluding hydrogens is 246 g/mol. The van der Waals surface area contributed by atoms with Gasteiger partial charge in [0, 0.05) is 10.9 Å². The maximum atomic E-state index is 11.8. The Labute approximate surface area is 110 Å². The number of benzene rings is 1. The van der Waals surface area contributed by atoms with Crippen molar-refractivity contribution in [2.45, 2.75) is 12.5 Å². The summed E-state index contributed by atoms with van der Waals surface area (Å²) < 4.78 is 0. The Balaban J connectivity index is 1.96. The van der Waals surface area contributed by atoms with E-state index in [0.717, 1.165) is 5.56 Å². The number of thiophene rings is 1. The van der Waals surface area contributed by atoms with Gasteiger partial charge in [0.1, 0.15) is 0 Å². The molecular formula is C14H15NO2S. The number of nitrogens with one attached hydrogen (secondary N) is 1. The van der Waals surface area contributed by atoms with E-state index in [9.17, 15) is 9.90 Å². The number of aliphatic hydroxyl groups excluding tert-OH is 1. The van der Waals surface area contributed by atoms with Gasteiger partial charge in [-0.25, -0.2) is 0 Å². The van der Waals surface area contributed by atoms with Gasteiger partial charge in [0.2, 0.25) is 0 Å². The Morgan fingerprint density at radius 3 is 2.67 bits per heavy atom. The molecule has 0 spiro atoms. The monoisotopic (exact) mass is 261 g/mol. The molecule has 1 heterocycles. The van der Waals surface area contributed by atoms with Gasteiger partial charge < -0.3 is 10.4 Å². The molecule has 1 atom stereocenters. The molecule has 0 fully saturated rings. The maximum Gasteiger partial charge on any atom is 0.252 e. The lowest BCUT2D eigenvalue weighted by Gasteiger charge is -2.15. The van der Waals surface area contributed by atoms with Crippen LogP contribution in [-0.4, -0.2) is 23.7 Å². The van der Waals surface area contributed by atoms with Crippen LogP contribution in [-0.2, 0) is 6.42 Å². The van der Waals surface area contributed by atoms with Crippen LogP contribution in [0.1, 0.15) is 15.9 Å². The van der Waals surface area contributed by atoms with Gasteiger partial charge in [0.25, 0.3) is 5.91 Å². The molecule has 4 heteroatoms.